The third-order valence-corrected chi connectivity index (χ3v) is 6.57. The van der Waals surface area contributed by atoms with Crippen LogP contribution >= 0.6 is 11.3 Å². The van der Waals surface area contributed by atoms with Gasteiger partial charge in [0.15, 0.2) is 9.90 Å². The van der Waals surface area contributed by atoms with Crippen molar-refractivity contribution in [2.45, 2.75) is 36.9 Å². The Bertz CT molecular complexity index is 579. The summed E-state index contributed by atoms with van der Waals surface area (Å²) in [6.45, 7) is 4.40. The zero-order valence-electron chi connectivity index (χ0n) is 10.7. The molecule has 8 heteroatoms. The predicted molar refractivity (Wildman–Crippen MR) is 70.8 cm³/mol. The van der Waals surface area contributed by atoms with Gasteiger partial charge in [0, 0.05) is 12.6 Å². The van der Waals surface area contributed by atoms with E-state index in [1.165, 1.54) is 9.82 Å². The summed E-state index contributed by atoms with van der Waals surface area (Å²) in [7, 11) is -3.76. The predicted octanol–water partition coefficient (Wildman–Crippen LogP) is 1.65. The van der Waals surface area contributed by atoms with E-state index < -0.39 is 16.0 Å². The van der Waals surface area contributed by atoms with Crippen molar-refractivity contribution in [3.63, 3.8) is 0 Å². The molecule has 0 amide bonds. The number of sulfonamides is 1. The quantitative estimate of drug-likeness (QED) is 0.914. The number of aromatic nitrogens is 1. The third kappa shape index (κ3) is 2.52. The molecule has 0 aliphatic carbocycles. The first-order valence-corrected chi connectivity index (χ1v) is 8.36. The highest BCUT2D eigenvalue weighted by molar-refractivity contribution is 7.91. The van der Waals surface area contributed by atoms with E-state index in [4.69, 9.17) is 5.11 Å². The Morgan fingerprint density at radius 2 is 2.26 bits per heavy atom. The topological polar surface area (TPSA) is 87.6 Å². The maximum atomic E-state index is 12.6. The van der Waals surface area contributed by atoms with Crippen molar-refractivity contribution in [2.75, 3.05) is 6.54 Å². The van der Waals surface area contributed by atoms with Gasteiger partial charge in [-0.05, 0) is 18.8 Å². The minimum absolute atomic E-state index is 0.0613. The van der Waals surface area contributed by atoms with E-state index >= 15 is 0 Å². The van der Waals surface area contributed by atoms with Crippen LogP contribution in [-0.4, -0.2) is 41.4 Å². The van der Waals surface area contributed by atoms with Crippen molar-refractivity contribution in [2.24, 2.45) is 5.92 Å². The summed E-state index contributed by atoms with van der Waals surface area (Å²) in [6, 6.07) is -0.0613. The normalized spacial score (nSPS) is 21.1. The Morgan fingerprint density at radius 1 is 1.58 bits per heavy atom. The summed E-state index contributed by atoms with van der Waals surface area (Å²) in [4.78, 5) is 14.7. The Labute approximate surface area is 116 Å². The first kappa shape index (κ1) is 14.4. The molecule has 1 aromatic heterocycles. The lowest BCUT2D eigenvalue weighted by molar-refractivity contribution is 0.0687. The smallest absolute Gasteiger partial charge is 0.356 e. The Morgan fingerprint density at radius 3 is 2.84 bits per heavy atom. The number of carbonyl (C=O) groups is 1. The molecular formula is C11H16N2O4S2. The minimum Gasteiger partial charge on any atom is -0.476 e. The molecule has 2 heterocycles. The number of rotatable bonds is 4. The molecule has 0 spiro atoms. The van der Waals surface area contributed by atoms with Crippen LogP contribution in [0.1, 0.15) is 37.2 Å². The van der Waals surface area contributed by atoms with E-state index in [0.717, 1.165) is 24.2 Å². The van der Waals surface area contributed by atoms with Crippen LogP contribution in [0.5, 0.6) is 0 Å². The highest BCUT2D eigenvalue weighted by atomic mass is 32.2. The number of aromatic carboxylic acids is 1. The van der Waals surface area contributed by atoms with Gasteiger partial charge in [-0.3, -0.25) is 0 Å². The van der Waals surface area contributed by atoms with Crippen LogP contribution in [-0.2, 0) is 10.0 Å². The molecule has 1 aromatic rings. The lowest BCUT2D eigenvalue weighted by atomic mass is 10.0. The molecule has 2 rings (SSSR count). The molecule has 1 aliphatic heterocycles. The third-order valence-electron chi connectivity index (χ3n) is 3.30. The SMILES string of the molecule is CC(C)C1CCCN1S(=O)(=O)c1scnc1C(=O)O. The van der Waals surface area contributed by atoms with E-state index in [2.05, 4.69) is 4.98 Å². The van der Waals surface area contributed by atoms with Crippen LogP contribution in [0.3, 0.4) is 0 Å². The molecule has 1 saturated heterocycles. The summed E-state index contributed by atoms with van der Waals surface area (Å²) >= 11 is 0.864. The van der Waals surface area contributed by atoms with Gasteiger partial charge in [0.2, 0.25) is 0 Å². The molecule has 0 saturated carbocycles. The van der Waals surface area contributed by atoms with Gasteiger partial charge in [-0.1, -0.05) is 13.8 Å². The Hall–Kier alpha value is -0.990. The van der Waals surface area contributed by atoms with E-state index in [1.807, 2.05) is 13.8 Å². The molecule has 106 valence electrons. The number of hydrogen-bond acceptors (Lipinski definition) is 5. The zero-order chi connectivity index (χ0) is 14.2. The molecule has 19 heavy (non-hydrogen) atoms. The fourth-order valence-corrected chi connectivity index (χ4v) is 5.48. The van der Waals surface area contributed by atoms with Gasteiger partial charge in [-0.15, -0.1) is 11.3 Å². The minimum atomic E-state index is -3.76. The van der Waals surface area contributed by atoms with Gasteiger partial charge >= 0.3 is 5.97 Å². The number of nitrogens with zero attached hydrogens (tertiary/aromatic N) is 2. The second kappa shape index (κ2) is 5.18. The van der Waals surface area contributed by atoms with Gasteiger partial charge in [0.05, 0.1) is 5.51 Å². The van der Waals surface area contributed by atoms with Gasteiger partial charge in [0.1, 0.15) is 0 Å². The number of carboxylic acids is 1. The van der Waals surface area contributed by atoms with Crippen molar-refractivity contribution in [1.82, 2.24) is 9.29 Å². The van der Waals surface area contributed by atoms with Crippen molar-refractivity contribution in [1.29, 1.82) is 0 Å². The van der Waals surface area contributed by atoms with Gasteiger partial charge < -0.3 is 5.11 Å². The lowest BCUT2D eigenvalue weighted by Gasteiger charge is -2.26. The monoisotopic (exact) mass is 304 g/mol. The molecule has 1 N–H and O–H groups in total. The number of carboxylic acid groups (broad SMARTS) is 1. The fraction of sp³-hybridized carbons (Fsp3) is 0.636. The van der Waals surface area contributed by atoms with E-state index in [9.17, 15) is 13.2 Å². The summed E-state index contributed by atoms with van der Waals surface area (Å²) < 4.78 is 26.4. The zero-order valence-corrected chi connectivity index (χ0v) is 12.4. The molecule has 6 nitrogen and oxygen atoms in total. The molecule has 0 bridgehead atoms. The molecule has 1 atom stereocenters. The van der Waals surface area contributed by atoms with E-state index in [1.54, 1.807) is 0 Å². The number of thiazole rings is 1. The number of hydrogen-bond donors (Lipinski definition) is 1. The Kier molecular flexibility index (Phi) is 3.93. The first-order chi connectivity index (χ1) is 8.85. The summed E-state index contributed by atoms with van der Waals surface area (Å²) in [6.07, 6.45) is 1.63. The van der Waals surface area contributed by atoms with Gasteiger partial charge in [-0.25, -0.2) is 18.2 Å². The lowest BCUT2D eigenvalue weighted by Crippen LogP contribution is -2.38. The van der Waals surface area contributed by atoms with Crippen LogP contribution in [0, 0.1) is 5.92 Å². The van der Waals surface area contributed by atoms with Crippen LogP contribution in [0.2, 0.25) is 0 Å². The summed E-state index contributed by atoms with van der Waals surface area (Å²) in [5.41, 5.74) is 0.885. The standard InChI is InChI=1S/C11H16N2O4S2/c1-7(2)8-4-3-5-13(8)19(16,17)11-9(10(14)15)12-6-18-11/h6-8H,3-5H2,1-2H3,(H,14,15). The largest absolute Gasteiger partial charge is 0.476 e. The molecule has 1 unspecified atom stereocenters. The van der Waals surface area contributed by atoms with Gasteiger partial charge in [0.25, 0.3) is 10.0 Å². The average Bonchev–Trinajstić information content (AvgIpc) is 2.98. The highest BCUT2D eigenvalue weighted by Crippen LogP contribution is 2.32. The van der Waals surface area contributed by atoms with Crippen LogP contribution < -0.4 is 0 Å². The van der Waals surface area contributed by atoms with Crippen molar-refractivity contribution in [3.8, 4) is 0 Å². The van der Waals surface area contributed by atoms with Crippen molar-refractivity contribution >= 4 is 27.3 Å². The van der Waals surface area contributed by atoms with E-state index in [-0.39, 0.29) is 21.9 Å². The van der Waals surface area contributed by atoms with Gasteiger partial charge in [-0.2, -0.15) is 4.31 Å². The summed E-state index contributed by atoms with van der Waals surface area (Å²) in [5.74, 6) is -1.10. The Balaban J connectivity index is 2.42. The second-order valence-corrected chi connectivity index (χ2v) is 7.80. The maximum absolute atomic E-state index is 12.6. The second-order valence-electron chi connectivity index (χ2n) is 4.86. The first-order valence-electron chi connectivity index (χ1n) is 6.04. The van der Waals surface area contributed by atoms with Crippen LogP contribution in [0.15, 0.2) is 9.72 Å². The highest BCUT2D eigenvalue weighted by Gasteiger charge is 2.39. The van der Waals surface area contributed by atoms with Crippen LogP contribution in [0.25, 0.3) is 0 Å². The molecule has 0 radical (unpaired) electrons. The molecule has 0 aromatic carbocycles. The average molecular weight is 304 g/mol. The molecule has 1 fully saturated rings. The van der Waals surface area contributed by atoms with Crippen molar-refractivity contribution < 1.29 is 18.3 Å². The molecule has 1 aliphatic rings. The summed E-state index contributed by atoms with van der Waals surface area (Å²) in [5, 5.41) is 9.00. The van der Waals surface area contributed by atoms with Crippen molar-refractivity contribution in [3.05, 3.63) is 11.2 Å². The van der Waals surface area contributed by atoms with Crippen LogP contribution in [0.4, 0.5) is 0 Å². The maximum Gasteiger partial charge on any atom is 0.356 e. The van der Waals surface area contributed by atoms with E-state index in [0.29, 0.717) is 6.54 Å². The fourth-order valence-electron chi connectivity index (χ4n) is 2.40. The molecular weight excluding hydrogens is 288 g/mol.